The standard InChI is InChI=1S/C13H13FOS/c14-10-5-4-9-6-12(16-11(9)7-10)13(15)8-2-1-3-8/h4-8,13,15H,1-3H2. The summed E-state index contributed by atoms with van der Waals surface area (Å²) in [7, 11) is 0. The Bertz CT molecular complexity index is 516. The average molecular weight is 236 g/mol. The Morgan fingerprint density at radius 2 is 2.12 bits per heavy atom. The van der Waals surface area contributed by atoms with Crippen LogP contribution >= 0.6 is 11.3 Å². The second-order valence-corrected chi connectivity index (χ2v) is 5.58. The average Bonchev–Trinajstić information content (AvgIpc) is 2.57. The molecule has 0 amide bonds. The molecule has 1 atom stereocenters. The van der Waals surface area contributed by atoms with Crippen molar-refractivity contribution in [3.63, 3.8) is 0 Å². The molecule has 1 saturated carbocycles. The van der Waals surface area contributed by atoms with E-state index in [1.807, 2.05) is 6.07 Å². The summed E-state index contributed by atoms with van der Waals surface area (Å²) in [6, 6.07) is 6.77. The van der Waals surface area contributed by atoms with Crippen LogP contribution in [0.25, 0.3) is 10.1 Å². The molecule has 1 N–H and O–H groups in total. The van der Waals surface area contributed by atoms with Crippen LogP contribution in [0, 0.1) is 11.7 Å². The van der Waals surface area contributed by atoms with Crippen LogP contribution in [0.3, 0.4) is 0 Å². The van der Waals surface area contributed by atoms with Crippen LogP contribution in [0.15, 0.2) is 24.3 Å². The van der Waals surface area contributed by atoms with E-state index in [4.69, 9.17) is 0 Å². The minimum atomic E-state index is -0.353. The first-order chi connectivity index (χ1) is 7.74. The van der Waals surface area contributed by atoms with Gasteiger partial charge in [-0.25, -0.2) is 4.39 Å². The monoisotopic (exact) mass is 236 g/mol. The van der Waals surface area contributed by atoms with Crippen molar-refractivity contribution in [1.29, 1.82) is 0 Å². The number of benzene rings is 1. The summed E-state index contributed by atoms with van der Waals surface area (Å²) in [5, 5.41) is 11.2. The van der Waals surface area contributed by atoms with Gasteiger partial charge in [0.15, 0.2) is 0 Å². The van der Waals surface area contributed by atoms with E-state index in [2.05, 4.69) is 0 Å². The zero-order chi connectivity index (χ0) is 11.1. The molecule has 1 aliphatic carbocycles. The number of hydrogen-bond acceptors (Lipinski definition) is 2. The van der Waals surface area contributed by atoms with Gasteiger partial charge >= 0.3 is 0 Å². The maximum atomic E-state index is 13.0. The Hall–Kier alpha value is -0.930. The highest BCUT2D eigenvalue weighted by atomic mass is 32.1. The van der Waals surface area contributed by atoms with Gasteiger partial charge in [-0.05, 0) is 42.3 Å². The molecule has 1 unspecified atom stereocenters. The van der Waals surface area contributed by atoms with Crippen molar-refractivity contribution in [1.82, 2.24) is 0 Å². The lowest BCUT2D eigenvalue weighted by atomic mass is 9.80. The highest BCUT2D eigenvalue weighted by Gasteiger charge is 2.27. The van der Waals surface area contributed by atoms with Gasteiger partial charge in [-0.3, -0.25) is 0 Å². The molecule has 1 nitrogen and oxygen atoms in total. The summed E-state index contributed by atoms with van der Waals surface area (Å²) in [5.74, 6) is 0.206. The van der Waals surface area contributed by atoms with Gasteiger partial charge in [0.1, 0.15) is 5.82 Å². The van der Waals surface area contributed by atoms with Crippen molar-refractivity contribution in [2.75, 3.05) is 0 Å². The SMILES string of the molecule is OC(c1cc2ccc(F)cc2s1)C1CCC1. The van der Waals surface area contributed by atoms with Crippen LogP contribution in [0.2, 0.25) is 0 Å². The highest BCUT2D eigenvalue weighted by molar-refractivity contribution is 7.19. The molecular formula is C13H13FOS. The Morgan fingerprint density at radius 3 is 2.81 bits per heavy atom. The Morgan fingerprint density at radius 1 is 1.31 bits per heavy atom. The molecular weight excluding hydrogens is 223 g/mol. The maximum Gasteiger partial charge on any atom is 0.124 e. The normalized spacial score (nSPS) is 18.6. The third-order valence-electron chi connectivity index (χ3n) is 3.39. The number of hydrogen-bond donors (Lipinski definition) is 1. The van der Waals surface area contributed by atoms with Crippen molar-refractivity contribution < 1.29 is 9.50 Å². The summed E-state index contributed by atoms with van der Waals surface area (Å²) in [6.45, 7) is 0. The molecule has 1 heterocycles. The van der Waals surface area contributed by atoms with Crippen LogP contribution in [-0.2, 0) is 0 Å². The van der Waals surface area contributed by atoms with Gasteiger partial charge in [0.05, 0.1) is 6.10 Å². The van der Waals surface area contributed by atoms with E-state index in [9.17, 15) is 9.50 Å². The summed E-state index contributed by atoms with van der Waals surface area (Å²) in [5.41, 5.74) is 0. The van der Waals surface area contributed by atoms with Crippen molar-refractivity contribution in [2.24, 2.45) is 5.92 Å². The molecule has 0 saturated heterocycles. The molecule has 1 fully saturated rings. The minimum absolute atomic E-state index is 0.209. The summed E-state index contributed by atoms with van der Waals surface area (Å²) < 4.78 is 14.0. The van der Waals surface area contributed by atoms with Crippen molar-refractivity contribution >= 4 is 21.4 Å². The highest BCUT2D eigenvalue weighted by Crippen LogP contribution is 2.41. The molecule has 3 heteroatoms. The summed E-state index contributed by atoms with van der Waals surface area (Å²) in [6.07, 6.45) is 3.10. The van der Waals surface area contributed by atoms with Gasteiger partial charge in [0, 0.05) is 9.58 Å². The van der Waals surface area contributed by atoms with E-state index in [1.165, 1.54) is 29.9 Å². The molecule has 2 aromatic rings. The zero-order valence-corrected chi connectivity index (χ0v) is 9.64. The van der Waals surface area contributed by atoms with Gasteiger partial charge < -0.3 is 5.11 Å². The second-order valence-electron chi connectivity index (χ2n) is 4.47. The molecule has 16 heavy (non-hydrogen) atoms. The maximum absolute atomic E-state index is 13.0. The van der Waals surface area contributed by atoms with Gasteiger partial charge in [-0.15, -0.1) is 11.3 Å². The van der Waals surface area contributed by atoms with Crippen LogP contribution in [0.5, 0.6) is 0 Å². The number of rotatable bonds is 2. The van der Waals surface area contributed by atoms with Crippen LogP contribution in [-0.4, -0.2) is 5.11 Å². The first-order valence-corrected chi connectivity index (χ1v) is 6.43. The molecule has 84 valence electrons. The van der Waals surface area contributed by atoms with Gasteiger partial charge in [0.25, 0.3) is 0 Å². The molecule has 0 aliphatic heterocycles. The minimum Gasteiger partial charge on any atom is -0.387 e. The number of halogens is 1. The first-order valence-electron chi connectivity index (χ1n) is 5.61. The lowest BCUT2D eigenvalue weighted by molar-refractivity contribution is 0.0650. The predicted octanol–water partition coefficient (Wildman–Crippen LogP) is 3.87. The second kappa shape index (κ2) is 3.82. The Balaban J connectivity index is 1.97. The quantitative estimate of drug-likeness (QED) is 0.839. The summed E-state index contributed by atoms with van der Waals surface area (Å²) >= 11 is 1.51. The van der Waals surface area contributed by atoms with E-state index < -0.39 is 0 Å². The first kappa shape index (κ1) is 10.2. The van der Waals surface area contributed by atoms with E-state index in [1.54, 1.807) is 6.07 Å². The summed E-state index contributed by atoms with van der Waals surface area (Å²) in [4.78, 5) is 0.977. The van der Waals surface area contributed by atoms with E-state index in [-0.39, 0.29) is 11.9 Å². The number of aliphatic hydroxyl groups is 1. The smallest absolute Gasteiger partial charge is 0.124 e. The third-order valence-corrected chi connectivity index (χ3v) is 4.56. The molecule has 0 radical (unpaired) electrons. The Labute approximate surface area is 97.5 Å². The lowest BCUT2D eigenvalue weighted by Gasteiger charge is -2.29. The van der Waals surface area contributed by atoms with Crippen LogP contribution < -0.4 is 0 Å². The molecule has 0 bridgehead atoms. The molecule has 0 spiro atoms. The van der Waals surface area contributed by atoms with Crippen molar-refractivity contribution in [2.45, 2.75) is 25.4 Å². The molecule has 3 rings (SSSR count). The number of thiophene rings is 1. The predicted molar refractivity (Wildman–Crippen MR) is 64.1 cm³/mol. The molecule has 1 aromatic heterocycles. The van der Waals surface area contributed by atoms with Crippen LogP contribution in [0.4, 0.5) is 4.39 Å². The molecule has 1 aliphatic rings. The number of aliphatic hydroxyl groups excluding tert-OH is 1. The fraction of sp³-hybridized carbons (Fsp3) is 0.385. The fourth-order valence-electron chi connectivity index (χ4n) is 2.16. The van der Waals surface area contributed by atoms with Crippen molar-refractivity contribution in [3.8, 4) is 0 Å². The fourth-order valence-corrected chi connectivity index (χ4v) is 3.33. The van der Waals surface area contributed by atoms with Crippen LogP contribution in [0.1, 0.15) is 30.2 Å². The number of fused-ring (bicyclic) bond motifs is 1. The van der Waals surface area contributed by atoms with Crippen molar-refractivity contribution in [3.05, 3.63) is 35.0 Å². The van der Waals surface area contributed by atoms with Gasteiger partial charge in [-0.1, -0.05) is 12.5 Å². The topological polar surface area (TPSA) is 20.2 Å². The van der Waals surface area contributed by atoms with E-state index in [0.29, 0.717) is 5.92 Å². The van der Waals surface area contributed by atoms with Gasteiger partial charge in [0.2, 0.25) is 0 Å². The molecule has 1 aromatic carbocycles. The van der Waals surface area contributed by atoms with E-state index in [0.717, 1.165) is 27.8 Å². The zero-order valence-electron chi connectivity index (χ0n) is 8.82. The Kier molecular flexibility index (Phi) is 2.45. The van der Waals surface area contributed by atoms with E-state index >= 15 is 0 Å². The lowest BCUT2D eigenvalue weighted by Crippen LogP contribution is -2.19. The third kappa shape index (κ3) is 1.64. The van der Waals surface area contributed by atoms with Gasteiger partial charge in [-0.2, -0.15) is 0 Å². The largest absolute Gasteiger partial charge is 0.387 e.